The number of benzene rings is 1. The minimum absolute atomic E-state index is 0. The second kappa shape index (κ2) is 11.2. The van der Waals surface area contributed by atoms with Gasteiger partial charge in [0.2, 0.25) is 0 Å². The molecule has 1 aliphatic heterocycles. The predicted molar refractivity (Wildman–Crippen MR) is 129 cm³/mol. The number of rotatable bonds is 5. The first-order valence-electron chi connectivity index (χ1n) is 9.84. The van der Waals surface area contributed by atoms with Gasteiger partial charge in [-0.15, -0.1) is 24.0 Å². The van der Waals surface area contributed by atoms with E-state index in [4.69, 9.17) is 0 Å². The van der Waals surface area contributed by atoms with Gasteiger partial charge in [-0.2, -0.15) is 0 Å². The van der Waals surface area contributed by atoms with E-state index in [0.29, 0.717) is 6.04 Å². The summed E-state index contributed by atoms with van der Waals surface area (Å²) in [4.78, 5) is 11.3. The van der Waals surface area contributed by atoms with Crippen molar-refractivity contribution in [3.05, 3.63) is 59.3 Å². The maximum Gasteiger partial charge on any atom is 0.191 e. The van der Waals surface area contributed by atoms with Gasteiger partial charge in [0, 0.05) is 38.9 Å². The van der Waals surface area contributed by atoms with E-state index >= 15 is 0 Å². The first-order valence-corrected chi connectivity index (χ1v) is 9.84. The van der Waals surface area contributed by atoms with E-state index in [1.54, 1.807) is 0 Å². The van der Waals surface area contributed by atoms with Gasteiger partial charge >= 0.3 is 0 Å². The first-order chi connectivity index (χ1) is 13.1. The third-order valence-corrected chi connectivity index (χ3v) is 5.11. The van der Waals surface area contributed by atoms with Crippen molar-refractivity contribution >= 4 is 35.8 Å². The molecule has 2 heterocycles. The average Bonchev–Trinajstić information content (AvgIpc) is 2.70. The van der Waals surface area contributed by atoms with Gasteiger partial charge in [0.05, 0.1) is 0 Å². The second-order valence-electron chi connectivity index (χ2n) is 7.33. The normalized spacial score (nSPS) is 15.1. The summed E-state index contributed by atoms with van der Waals surface area (Å²) in [6, 6.07) is 13.4. The quantitative estimate of drug-likeness (QED) is 0.379. The highest BCUT2D eigenvalue weighted by molar-refractivity contribution is 14.0. The van der Waals surface area contributed by atoms with Crippen molar-refractivity contribution in [2.75, 3.05) is 31.6 Å². The molecular weight excluding hydrogens is 461 g/mol. The lowest BCUT2D eigenvalue weighted by molar-refractivity contribution is 0.459. The average molecular weight is 493 g/mol. The van der Waals surface area contributed by atoms with Crippen LogP contribution in [0.2, 0.25) is 0 Å². The highest BCUT2D eigenvalue weighted by atomic mass is 127. The molecule has 0 unspecified atom stereocenters. The third-order valence-electron chi connectivity index (χ3n) is 5.11. The maximum absolute atomic E-state index is 4.55. The fourth-order valence-corrected chi connectivity index (χ4v) is 3.37. The van der Waals surface area contributed by atoms with Gasteiger partial charge in [0.1, 0.15) is 5.82 Å². The molecule has 152 valence electrons. The van der Waals surface area contributed by atoms with Crippen molar-refractivity contribution in [3.63, 3.8) is 0 Å². The Morgan fingerprint density at radius 2 is 1.75 bits per heavy atom. The lowest BCUT2D eigenvalue weighted by Crippen LogP contribution is -2.49. The molecule has 0 spiro atoms. The van der Waals surface area contributed by atoms with Crippen molar-refractivity contribution in [2.45, 2.75) is 39.2 Å². The van der Waals surface area contributed by atoms with Crippen molar-refractivity contribution in [3.8, 4) is 0 Å². The molecule has 1 aromatic heterocycles. The number of hydrogen-bond donors (Lipinski definition) is 2. The zero-order chi connectivity index (χ0) is 19.1. The number of anilines is 1. The maximum atomic E-state index is 4.55. The molecule has 6 heteroatoms. The molecular formula is C22H32IN5. The van der Waals surface area contributed by atoms with Crippen LogP contribution in [-0.4, -0.2) is 43.7 Å². The zero-order valence-electron chi connectivity index (χ0n) is 17.1. The number of pyridine rings is 1. The Morgan fingerprint density at radius 1 is 1.07 bits per heavy atom. The van der Waals surface area contributed by atoms with Crippen molar-refractivity contribution in [1.29, 1.82) is 0 Å². The molecule has 1 saturated heterocycles. The van der Waals surface area contributed by atoms with Crippen LogP contribution in [0.15, 0.2) is 47.6 Å². The first kappa shape index (κ1) is 22.5. The summed E-state index contributed by atoms with van der Waals surface area (Å²) in [5.74, 6) is 1.98. The summed E-state index contributed by atoms with van der Waals surface area (Å²) in [5, 5.41) is 7.02. The number of guanidine groups is 1. The summed E-state index contributed by atoms with van der Waals surface area (Å²) in [6.07, 6.45) is 5.13. The number of hydrogen-bond acceptors (Lipinski definition) is 3. The summed E-state index contributed by atoms with van der Waals surface area (Å²) in [6.45, 7) is 7.12. The predicted octanol–water partition coefficient (Wildman–Crippen LogP) is 3.69. The van der Waals surface area contributed by atoms with Crippen LogP contribution in [0.1, 0.15) is 29.5 Å². The molecule has 1 aromatic carbocycles. The van der Waals surface area contributed by atoms with Gasteiger partial charge in [-0.05, 0) is 50.3 Å². The second-order valence-corrected chi connectivity index (χ2v) is 7.33. The lowest BCUT2D eigenvalue weighted by Gasteiger charge is -2.33. The molecule has 3 rings (SSSR count). The fraction of sp³-hybridized carbons (Fsp3) is 0.455. The Labute approximate surface area is 186 Å². The number of nitrogens with one attached hydrogen (secondary N) is 2. The van der Waals surface area contributed by atoms with Crippen LogP contribution in [0.3, 0.4) is 0 Å². The zero-order valence-corrected chi connectivity index (χ0v) is 19.4. The standard InChI is InChI=1S/C22H31N5.HI/c1-17-4-7-19(8-5-17)10-13-24-22(23-3)26-20-11-14-27(15-12-20)21-9-6-18(2)16-25-21;/h4-9,16,20H,10-15H2,1-3H3,(H2,23,24,26);1H. The van der Waals surface area contributed by atoms with Gasteiger partial charge in [-0.1, -0.05) is 35.9 Å². The molecule has 0 saturated carbocycles. The molecule has 0 atom stereocenters. The monoisotopic (exact) mass is 493 g/mol. The molecule has 28 heavy (non-hydrogen) atoms. The van der Waals surface area contributed by atoms with Gasteiger partial charge in [0.15, 0.2) is 5.96 Å². The van der Waals surface area contributed by atoms with E-state index in [1.807, 2.05) is 13.2 Å². The van der Waals surface area contributed by atoms with Gasteiger partial charge < -0.3 is 15.5 Å². The Morgan fingerprint density at radius 3 is 2.36 bits per heavy atom. The Kier molecular flexibility index (Phi) is 9.02. The van der Waals surface area contributed by atoms with Crippen LogP contribution >= 0.6 is 24.0 Å². The number of nitrogens with zero attached hydrogens (tertiary/aromatic N) is 3. The van der Waals surface area contributed by atoms with Crippen molar-refractivity contribution < 1.29 is 0 Å². The Balaban J connectivity index is 0.00000280. The summed E-state index contributed by atoms with van der Waals surface area (Å²) >= 11 is 0. The van der Waals surface area contributed by atoms with E-state index in [9.17, 15) is 0 Å². The van der Waals surface area contributed by atoms with Crippen LogP contribution in [-0.2, 0) is 6.42 Å². The van der Waals surface area contributed by atoms with E-state index < -0.39 is 0 Å². The highest BCUT2D eigenvalue weighted by Gasteiger charge is 2.20. The number of aryl methyl sites for hydroxylation is 2. The fourth-order valence-electron chi connectivity index (χ4n) is 3.37. The minimum atomic E-state index is 0. The molecule has 5 nitrogen and oxygen atoms in total. The Hall–Kier alpha value is -1.83. The molecule has 0 aliphatic carbocycles. The van der Waals surface area contributed by atoms with Gasteiger partial charge in [0.25, 0.3) is 0 Å². The number of halogens is 1. The molecule has 0 amide bonds. The van der Waals surface area contributed by atoms with Crippen LogP contribution in [0.25, 0.3) is 0 Å². The van der Waals surface area contributed by atoms with Crippen LogP contribution in [0.4, 0.5) is 5.82 Å². The number of piperidine rings is 1. The lowest BCUT2D eigenvalue weighted by atomic mass is 10.1. The molecule has 2 N–H and O–H groups in total. The van der Waals surface area contributed by atoms with Crippen LogP contribution in [0, 0.1) is 13.8 Å². The molecule has 2 aromatic rings. The number of aromatic nitrogens is 1. The van der Waals surface area contributed by atoms with E-state index in [-0.39, 0.29) is 24.0 Å². The summed E-state index contributed by atoms with van der Waals surface area (Å²) in [7, 11) is 1.84. The largest absolute Gasteiger partial charge is 0.356 e. The topological polar surface area (TPSA) is 52.6 Å². The van der Waals surface area contributed by atoms with Crippen molar-refractivity contribution in [1.82, 2.24) is 15.6 Å². The molecule has 0 radical (unpaired) electrons. The number of aliphatic imine (C=N–C) groups is 1. The van der Waals surface area contributed by atoms with E-state index in [1.165, 1.54) is 16.7 Å². The van der Waals surface area contributed by atoms with Gasteiger partial charge in [-0.25, -0.2) is 4.98 Å². The molecule has 1 aliphatic rings. The summed E-state index contributed by atoms with van der Waals surface area (Å²) < 4.78 is 0. The Bertz CT molecular complexity index is 735. The van der Waals surface area contributed by atoms with Crippen molar-refractivity contribution in [2.24, 2.45) is 4.99 Å². The third kappa shape index (κ3) is 6.65. The SMILES string of the molecule is CN=C(NCCc1ccc(C)cc1)NC1CCN(c2ccc(C)cn2)CC1.I. The highest BCUT2D eigenvalue weighted by Crippen LogP contribution is 2.18. The molecule has 1 fully saturated rings. The van der Waals surface area contributed by atoms with Gasteiger partial charge in [-0.3, -0.25) is 4.99 Å². The van der Waals surface area contributed by atoms with Crippen LogP contribution < -0.4 is 15.5 Å². The van der Waals surface area contributed by atoms with E-state index in [2.05, 4.69) is 75.8 Å². The summed E-state index contributed by atoms with van der Waals surface area (Å²) in [5.41, 5.74) is 3.86. The van der Waals surface area contributed by atoms with Crippen LogP contribution in [0.5, 0.6) is 0 Å². The molecule has 0 bridgehead atoms. The minimum Gasteiger partial charge on any atom is -0.356 e. The smallest absolute Gasteiger partial charge is 0.191 e. The van der Waals surface area contributed by atoms with E-state index in [0.717, 1.165) is 50.7 Å².